The van der Waals surface area contributed by atoms with Crippen LogP contribution in [0, 0.1) is 0 Å². The molecular formula is C18H36N2O. The number of aliphatic imine (C=N–C) groups is 1. The second-order valence-electron chi connectivity index (χ2n) is 7.77. The lowest BCUT2D eigenvalue weighted by molar-refractivity contribution is 0.109. The monoisotopic (exact) mass is 296 g/mol. The maximum absolute atomic E-state index is 9.64. The van der Waals surface area contributed by atoms with Crippen molar-refractivity contribution in [3.8, 4) is 0 Å². The van der Waals surface area contributed by atoms with E-state index in [1.165, 1.54) is 50.8 Å². The summed E-state index contributed by atoms with van der Waals surface area (Å²) >= 11 is 0. The Kier molecular flexibility index (Phi) is 7.19. The van der Waals surface area contributed by atoms with Crippen molar-refractivity contribution in [3.05, 3.63) is 0 Å². The Bertz CT molecular complexity index is 334. The van der Waals surface area contributed by atoms with Crippen LogP contribution in [0.3, 0.4) is 0 Å². The summed E-state index contributed by atoms with van der Waals surface area (Å²) in [6.07, 6.45) is 10.4. The molecule has 1 aliphatic heterocycles. The maximum atomic E-state index is 9.64. The molecule has 0 atom stereocenters. The smallest absolute Gasteiger partial charge is 0.100 e. The Morgan fingerprint density at radius 2 is 1.67 bits per heavy atom. The third-order valence-electron chi connectivity index (χ3n) is 4.41. The Morgan fingerprint density at radius 3 is 2.24 bits per heavy atom. The summed E-state index contributed by atoms with van der Waals surface area (Å²) in [7, 11) is 0. The van der Waals surface area contributed by atoms with Crippen molar-refractivity contribution in [2.45, 2.75) is 97.1 Å². The van der Waals surface area contributed by atoms with Crippen LogP contribution in [0.5, 0.6) is 0 Å². The van der Waals surface area contributed by atoms with E-state index in [2.05, 4.69) is 39.5 Å². The van der Waals surface area contributed by atoms with Gasteiger partial charge in [-0.05, 0) is 34.1 Å². The summed E-state index contributed by atoms with van der Waals surface area (Å²) in [6, 6.07) is 0. The summed E-state index contributed by atoms with van der Waals surface area (Å²) in [5, 5.41) is 9.64. The Labute approximate surface area is 131 Å². The first-order valence-electron chi connectivity index (χ1n) is 8.79. The summed E-state index contributed by atoms with van der Waals surface area (Å²) < 4.78 is 0. The SMILES string of the molecule is CCCCCCCCCC1=NC(C)(C)CN1C(C)(C)CO. The molecule has 0 saturated heterocycles. The molecule has 0 fully saturated rings. The highest BCUT2D eigenvalue weighted by molar-refractivity contribution is 5.85. The van der Waals surface area contributed by atoms with E-state index in [1.807, 2.05) is 0 Å². The first kappa shape index (κ1) is 18.5. The minimum absolute atomic E-state index is 0.0110. The molecule has 0 aromatic heterocycles. The highest BCUT2D eigenvalue weighted by Gasteiger charge is 2.38. The molecular weight excluding hydrogens is 260 g/mol. The molecule has 0 aromatic carbocycles. The predicted molar refractivity (Wildman–Crippen MR) is 92.0 cm³/mol. The molecule has 21 heavy (non-hydrogen) atoms. The van der Waals surface area contributed by atoms with Crippen LogP contribution < -0.4 is 0 Å². The van der Waals surface area contributed by atoms with Crippen LogP contribution in [0.15, 0.2) is 4.99 Å². The van der Waals surface area contributed by atoms with Crippen LogP contribution in [0.4, 0.5) is 0 Å². The topological polar surface area (TPSA) is 35.8 Å². The standard InChI is InChI=1S/C18H36N2O/c1-6-7-8-9-10-11-12-13-16-19-17(2,3)14-20(16)18(4,5)15-21/h21H,6-15H2,1-5H3. The van der Waals surface area contributed by atoms with Crippen molar-refractivity contribution in [2.24, 2.45) is 4.99 Å². The van der Waals surface area contributed by atoms with Crippen LogP contribution in [-0.4, -0.2) is 40.1 Å². The van der Waals surface area contributed by atoms with Crippen molar-refractivity contribution in [1.82, 2.24) is 4.90 Å². The molecule has 1 N–H and O–H groups in total. The van der Waals surface area contributed by atoms with Crippen LogP contribution in [-0.2, 0) is 0 Å². The molecule has 3 heteroatoms. The summed E-state index contributed by atoms with van der Waals surface area (Å²) in [5.41, 5.74) is -0.212. The highest BCUT2D eigenvalue weighted by Crippen LogP contribution is 2.29. The second kappa shape index (κ2) is 8.17. The molecule has 0 radical (unpaired) electrons. The molecule has 1 heterocycles. The average Bonchev–Trinajstić information content (AvgIpc) is 2.74. The van der Waals surface area contributed by atoms with Gasteiger partial charge in [0, 0.05) is 13.0 Å². The number of aliphatic hydroxyl groups is 1. The van der Waals surface area contributed by atoms with Gasteiger partial charge in [0.1, 0.15) is 5.84 Å². The van der Waals surface area contributed by atoms with Crippen molar-refractivity contribution in [3.63, 3.8) is 0 Å². The van der Waals surface area contributed by atoms with E-state index in [4.69, 9.17) is 4.99 Å². The van der Waals surface area contributed by atoms with Gasteiger partial charge in [-0.1, -0.05) is 45.4 Å². The van der Waals surface area contributed by atoms with Crippen LogP contribution in [0.1, 0.15) is 86.0 Å². The molecule has 0 amide bonds. The minimum atomic E-state index is -0.201. The third kappa shape index (κ3) is 5.98. The summed E-state index contributed by atoms with van der Waals surface area (Å²) in [6.45, 7) is 11.9. The van der Waals surface area contributed by atoms with Gasteiger partial charge < -0.3 is 10.0 Å². The first-order chi connectivity index (χ1) is 9.82. The van der Waals surface area contributed by atoms with E-state index in [-0.39, 0.29) is 17.7 Å². The van der Waals surface area contributed by atoms with Crippen molar-refractivity contribution < 1.29 is 5.11 Å². The van der Waals surface area contributed by atoms with E-state index < -0.39 is 0 Å². The zero-order chi connectivity index (χ0) is 15.9. The van der Waals surface area contributed by atoms with E-state index >= 15 is 0 Å². The van der Waals surface area contributed by atoms with Crippen molar-refractivity contribution in [1.29, 1.82) is 0 Å². The summed E-state index contributed by atoms with van der Waals surface area (Å²) in [4.78, 5) is 7.22. The van der Waals surface area contributed by atoms with Gasteiger partial charge in [-0.15, -0.1) is 0 Å². The molecule has 3 nitrogen and oxygen atoms in total. The number of nitrogens with zero attached hydrogens (tertiary/aromatic N) is 2. The molecule has 0 saturated carbocycles. The van der Waals surface area contributed by atoms with Gasteiger partial charge in [0.2, 0.25) is 0 Å². The van der Waals surface area contributed by atoms with Gasteiger partial charge in [0.25, 0.3) is 0 Å². The van der Waals surface area contributed by atoms with Gasteiger partial charge >= 0.3 is 0 Å². The van der Waals surface area contributed by atoms with Gasteiger partial charge in [-0.2, -0.15) is 0 Å². The zero-order valence-electron chi connectivity index (χ0n) is 14.9. The number of amidine groups is 1. The molecule has 124 valence electrons. The van der Waals surface area contributed by atoms with E-state index in [1.54, 1.807) is 0 Å². The van der Waals surface area contributed by atoms with Gasteiger partial charge in [-0.25, -0.2) is 0 Å². The van der Waals surface area contributed by atoms with E-state index in [0.717, 1.165) is 13.0 Å². The largest absolute Gasteiger partial charge is 0.394 e. The maximum Gasteiger partial charge on any atom is 0.100 e. The van der Waals surface area contributed by atoms with Crippen LogP contribution in [0.25, 0.3) is 0 Å². The van der Waals surface area contributed by atoms with Gasteiger partial charge in [-0.3, -0.25) is 4.99 Å². The number of unbranched alkanes of at least 4 members (excludes halogenated alkanes) is 6. The minimum Gasteiger partial charge on any atom is -0.394 e. The highest BCUT2D eigenvalue weighted by atomic mass is 16.3. The van der Waals surface area contributed by atoms with Crippen molar-refractivity contribution in [2.75, 3.05) is 13.2 Å². The van der Waals surface area contributed by atoms with Crippen LogP contribution in [0.2, 0.25) is 0 Å². The molecule has 0 spiro atoms. The quantitative estimate of drug-likeness (QED) is 0.607. The molecule has 0 bridgehead atoms. The van der Waals surface area contributed by atoms with Crippen LogP contribution >= 0.6 is 0 Å². The molecule has 1 aliphatic rings. The van der Waals surface area contributed by atoms with Crippen molar-refractivity contribution >= 4 is 5.84 Å². The lowest BCUT2D eigenvalue weighted by Gasteiger charge is -2.37. The second-order valence-corrected chi connectivity index (χ2v) is 7.77. The lowest BCUT2D eigenvalue weighted by Crippen LogP contribution is -2.50. The van der Waals surface area contributed by atoms with E-state index in [9.17, 15) is 5.11 Å². The molecule has 1 rings (SSSR count). The molecule has 0 aromatic rings. The fourth-order valence-electron chi connectivity index (χ4n) is 3.00. The summed E-state index contributed by atoms with van der Waals surface area (Å²) in [5.74, 6) is 1.20. The first-order valence-corrected chi connectivity index (χ1v) is 8.79. The number of hydrogen-bond acceptors (Lipinski definition) is 3. The van der Waals surface area contributed by atoms with Gasteiger partial charge in [0.15, 0.2) is 0 Å². The fraction of sp³-hybridized carbons (Fsp3) is 0.944. The molecule has 0 unspecified atom stereocenters. The van der Waals surface area contributed by atoms with E-state index in [0.29, 0.717) is 0 Å². The number of hydrogen-bond donors (Lipinski definition) is 1. The Morgan fingerprint density at radius 1 is 1.10 bits per heavy atom. The third-order valence-corrected chi connectivity index (χ3v) is 4.41. The molecule has 0 aliphatic carbocycles. The fourth-order valence-corrected chi connectivity index (χ4v) is 3.00. The van der Waals surface area contributed by atoms with Gasteiger partial charge in [0.05, 0.1) is 17.7 Å². The Balaban J connectivity index is 2.40. The Hall–Kier alpha value is -0.570. The predicted octanol–water partition coefficient (Wildman–Crippen LogP) is 4.39. The normalized spacial score (nSPS) is 18.2. The number of aliphatic hydroxyl groups excluding tert-OH is 1. The zero-order valence-corrected chi connectivity index (χ0v) is 14.9. The average molecular weight is 296 g/mol. The number of rotatable bonds is 10. The lowest BCUT2D eigenvalue weighted by atomic mass is 10.00.